The van der Waals surface area contributed by atoms with Crippen molar-refractivity contribution in [2.45, 2.75) is 139 Å². The van der Waals surface area contributed by atoms with Crippen molar-refractivity contribution in [3.05, 3.63) is 59.4 Å². The second kappa shape index (κ2) is 19.5. The summed E-state index contributed by atoms with van der Waals surface area (Å²) in [5.74, 6) is -2.80. The van der Waals surface area contributed by atoms with Crippen LogP contribution in [0.4, 0.5) is 18.0 Å². The predicted octanol–water partition coefficient (Wildman–Crippen LogP) is 7.10. The molecule has 2 saturated carbocycles. The van der Waals surface area contributed by atoms with Gasteiger partial charge < -0.3 is 34.5 Å². The first-order valence-electron chi connectivity index (χ1n) is 23.5. The van der Waals surface area contributed by atoms with Crippen molar-refractivity contribution >= 4 is 45.2 Å². The van der Waals surface area contributed by atoms with Crippen molar-refractivity contribution < 1.29 is 59.7 Å². The summed E-state index contributed by atoms with van der Waals surface area (Å²) in [7, 11) is -4.11. The number of pyridine rings is 1. The maximum absolute atomic E-state index is 15.2. The highest BCUT2D eigenvalue weighted by Crippen LogP contribution is 2.48. The normalized spacial score (nSPS) is 29.4. The minimum absolute atomic E-state index is 0.0150. The quantitative estimate of drug-likeness (QED) is 0.165. The zero-order valence-electron chi connectivity index (χ0n) is 39.2. The number of ether oxygens (including phenoxy) is 4. The molecule has 2 aromatic heterocycles. The second-order valence-corrected chi connectivity index (χ2v) is 22.7. The lowest BCUT2D eigenvalue weighted by atomic mass is 9.88. The van der Waals surface area contributed by atoms with Gasteiger partial charge >= 0.3 is 12.3 Å². The molecular weight excluding hydrogens is 942 g/mol. The average molecular weight is 1000 g/mol. The molecule has 0 bridgehead atoms. The fraction of sp³-hybridized carbons (Fsp3) is 0.583. The third-order valence-electron chi connectivity index (χ3n) is 13.8. The third-order valence-corrected chi connectivity index (χ3v) is 16.6. The SMILES string of the molecule is CC1CCC=CC2CC2(C(=O)NS(=O)(=O)C2(C)CC2)NC(=O)C2CC(Oc3cc(-c4ccc(OC(C)C)cc4)nc(-c4cscn4)c3)CN2C(=O)C(NC(=O)OC2(C(F)(F)F)CCCOC2)C(C)C1. The van der Waals surface area contributed by atoms with Crippen LogP contribution in [0.2, 0.25) is 0 Å². The van der Waals surface area contributed by atoms with Gasteiger partial charge in [0.25, 0.3) is 5.91 Å². The van der Waals surface area contributed by atoms with Crippen molar-refractivity contribution in [1.82, 2.24) is 30.2 Å². The average Bonchev–Trinajstić information content (AvgIpc) is 4.04. The third kappa shape index (κ3) is 10.9. The van der Waals surface area contributed by atoms with Crippen LogP contribution in [0.15, 0.2) is 59.4 Å². The van der Waals surface area contributed by atoms with E-state index >= 15 is 4.79 Å². The van der Waals surface area contributed by atoms with Crippen molar-refractivity contribution in [2.75, 3.05) is 19.8 Å². The number of thiazole rings is 1. The van der Waals surface area contributed by atoms with E-state index in [-0.39, 0.29) is 44.4 Å². The Hall–Kier alpha value is -5.28. The van der Waals surface area contributed by atoms with Gasteiger partial charge in [-0.25, -0.2) is 23.2 Å². The molecule has 1 aromatic carbocycles. The van der Waals surface area contributed by atoms with E-state index in [1.54, 1.807) is 37.6 Å². The van der Waals surface area contributed by atoms with E-state index in [2.05, 4.69) is 20.3 Å². The molecule has 5 heterocycles. The maximum Gasteiger partial charge on any atom is 0.430 e. The van der Waals surface area contributed by atoms with Crippen LogP contribution < -0.4 is 24.8 Å². The summed E-state index contributed by atoms with van der Waals surface area (Å²) in [6, 6.07) is 7.91. The smallest absolute Gasteiger partial charge is 0.430 e. The first-order valence-corrected chi connectivity index (χ1v) is 25.9. The summed E-state index contributed by atoms with van der Waals surface area (Å²) in [5, 5.41) is 7.13. The van der Waals surface area contributed by atoms with Gasteiger partial charge in [-0.1, -0.05) is 26.0 Å². The molecular formula is C48H59F3N6O10S2. The van der Waals surface area contributed by atoms with Crippen LogP contribution in [-0.4, -0.2) is 113 Å². The molecule has 8 unspecified atom stereocenters. The number of halogens is 3. The van der Waals surface area contributed by atoms with Gasteiger partial charge in [-0.2, -0.15) is 13.2 Å². The summed E-state index contributed by atoms with van der Waals surface area (Å²) >= 11 is 1.37. The number of alkyl carbamates (subject to hydrolysis) is 1. The number of amides is 4. The number of carbonyl (C=O) groups is 4. The van der Waals surface area contributed by atoms with Gasteiger partial charge in [-0.05, 0) is 102 Å². The predicted molar refractivity (Wildman–Crippen MR) is 248 cm³/mol. The molecule has 8 atom stereocenters. The van der Waals surface area contributed by atoms with Gasteiger partial charge in [-0.15, -0.1) is 11.3 Å². The number of nitrogens with zero attached hydrogens (tertiary/aromatic N) is 3. The highest BCUT2D eigenvalue weighted by atomic mass is 32.2. The van der Waals surface area contributed by atoms with E-state index in [1.807, 2.05) is 56.5 Å². The van der Waals surface area contributed by atoms with Crippen LogP contribution in [0.5, 0.6) is 11.5 Å². The van der Waals surface area contributed by atoms with E-state index in [9.17, 15) is 36.0 Å². The molecule has 0 spiro atoms. The summed E-state index contributed by atoms with van der Waals surface area (Å²) in [6.45, 7) is 7.95. The first-order chi connectivity index (χ1) is 32.6. The maximum atomic E-state index is 15.2. The molecule has 69 heavy (non-hydrogen) atoms. The Bertz CT molecular complexity index is 2530. The minimum atomic E-state index is -4.98. The number of sulfonamides is 1. The monoisotopic (exact) mass is 1000 g/mol. The fourth-order valence-electron chi connectivity index (χ4n) is 9.42. The molecule has 21 heteroatoms. The molecule has 0 radical (unpaired) electrons. The van der Waals surface area contributed by atoms with E-state index < -0.39 is 99.0 Å². The number of hydrogen-bond acceptors (Lipinski definition) is 13. The van der Waals surface area contributed by atoms with Crippen molar-refractivity contribution in [2.24, 2.45) is 17.8 Å². The standard InChI is InChI=1S/C48H59F3N6O10S2/c1-28(2)65-33-13-11-31(12-14-33)36-20-34(21-37(53-36)38-25-68-27-52-38)66-35-22-39-41(58)55-47(43(60)56-69(62,63)45(5)16-17-45)23-32(47)10-7-6-9-29(3)19-30(4)40(42(59)57(39)24-35)54-44(61)67-46(48(49,50)51)15-8-18-64-26-46/h7,10-14,20-21,25,27-30,32,35,39-40H,6,8-9,15-19,22-24,26H2,1-5H3,(H,54,61)(H,55,58)(H,56,60). The number of carbonyl (C=O) groups excluding carboxylic acids is 4. The Balaban J connectivity index is 1.14. The number of aromatic nitrogens is 2. The molecule has 8 rings (SSSR count). The number of rotatable bonds is 11. The van der Waals surface area contributed by atoms with Gasteiger partial charge in [0.2, 0.25) is 27.4 Å². The van der Waals surface area contributed by atoms with Crippen LogP contribution in [0, 0.1) is 17.8 Å². The molecule has 2 saturated heterocycles. The largest absolute Gasteiger partial charge is 0.491 e. The number of alkyl halides is 3. The van der Waals surface area contributed by atoms with Gasteiger partial charge in [0, 0.05) is 48.4 Å². The molecule has 374 valence electrons. The Morgan fingerprint density at radius 3 is 2.42 bits per heavy atom. The van der Waals surface area contributed by atoms with E-state index in [0.29, 0.717) is 60.7 Å². The fourth-order valence-corrected chi connectivity index (χ4v) is 11.3. The molecule has 2 aliphatic carbocycles. The Morgan fingerprint density at radius 1 is 1.03 bits per heavy atom. The zero-order valence-corrected chi connectivity index (χ0v) is 40.8. The highest BCUT2D eigenvalue weighted by molar-refractivity contribution is 7.91. The van der Waals surface area contributed by atoms with Crippen LogP contribution in [0.1, 0.15) is 92.4 Å². The lowest BCUT2D eigenvalue weighted by Gasteiger charge is -2.38. The number of allylic oxidation sites excluding steroid dienone is 1. The van der Waals surface area contributed by atoms with Gasteiger partial charge in [0.05, 0.1) is 46.6 Å². The highest BCUT2D eigenvalue weighted by Gasteiger charge is 2.63. The Morgan fingerprint density at radius 2 is 1.77 bits per heavy atom. The van der Waals surface area contributed by atoms with Gasteiger partial charge in [0.1, 0.15) is 35.2 Å². The van der Waals surface area contributed by atoms with Crippen molar-refractivity contribution in [1.29, 1.82) is 0 Å². The number of hydrogen-bond donors (Lipinski definition) is 3. The summed E-state index contributed by atoms with van der Waals surface area (Å²) in [5.41, 5.74) is -0.647. The molecule has 16 nitrogen and oxygen atoms in total. The number of fused-ring (bicyclic) bond motifs is 2. The van der Waals surface area contributed by atoms with Gasteiger partial charge in [0.15, 0.2) is 0 Å². The van der Waals surface area contributed by atoms with E-state index in [1.165, 1.54) is 16.2 Å². The summed E-state index contributed by atoms with van der Waals surface area (Å²) in [6.07, 6.45) is -2.12. The van der Waals surface area contributed by atoms with Gasteiger partial charge in [-0.3, -0.25) is 19.1 Å². The lowest BCUT2D eigenvalue weighted by Crippen LogP contribution is -2.60. The zero-order chi connectivity index (χ0) is 49.5. The molecule has 4 amide bonds. The molecule has 3 N–H and O–H groups in total. The van der Waals surface area contributed by atoms with Crippen molar-refractivity contribution in [3.8, 4) is 34.1 Å². The Labute approximate surface area is 403 Å². The molecule has 4 fully saturated rings. The van der Waals surface area contributed by atoms with Crippen LogP contribution in [0.3, 0.4) is 0 Å². The molecule has 5 aliphatic rings. The number of nitrogens with one attached hydrogen (secondary N) is 3. The number of benzene rings is 1. The second-order valence-electron chi connectivity index (χ2n) is 19.8. The summed E-state index contributed by atoms with van der Waals surface area (Å²) in [4.78, 5) is 68.3. The first kappa shape index (κ1) is 50.1. The van der Waals surface area contributed by atoms with Crippen LogP contribution >= 0.6 is 11.3 Å². The topological polar surface area (TPSA) is 204 Å². The van der Waals surface area contributed by atoms with E-state index in [0.717, 1.165) is 5.56 Å². The molecule has 3 aliphatic heterocycles. The minimum Gasteiger partial charge on any atom is -0.491 e. The Kier molecular flexibility index (Phi) is 14.2. The van der Waals surface area contributed by atoms with Crippen LogP contribution in [-0.2, 0) is 33.9 Å². The summed E-state index contributed by atoms with van der Waals surface area (Å²) < 4.78 is 94.2. The van der Waals surface area contributed by atoms with E-state index in [4.69, 9.17) is 23.9 Å². The molecule has 3 aromatic rings. The lowest BCUT2D eigenvalue weighted by molar-refractivity contribution is -0.285. The van der Waals surface area contributed by atoms with Crippen LogP contribution in [0.25, 0.3) is 22.6 Å². The van der Waals surface area contributed by atoms with Crippen molar-refractivity contribution in [3.63, 3.8) is 0 Å².